The molecule has 4 N–H and O–H groups in total. The lowest BCUT2D eigenvalue weighted by molar-refractivity contribution is -0.105. The molecule has 0 aliphatic heterocycles. The number of amides is 1. The van der Waals surface area contributed by atoms with Gasteiger partial charge in [0.1, 0.15) is 0 Å². The Morgan fingerprint density at radius 1 is 1.19 bits per heavy atom. The zero-order valence-corrected chi connectivity index (χ0v) is 16.4. The standard InChI is InChI=1S/C21H23N3O2S/c1-12(10-22)15-4-6-16(7-5-15)18-19(17-8-9-27-14(17)3)20(23-11-25)13(2)24-21(18)26/h4-9,11-12H,10,22H2,1-3H3,(H,23,25)(H,24,26). The Morgan fingerprint density at radius 2 is 1.89 bits per heavy atom. The summed E-state index contributed by atoms with van der Waals surface area (Å²) in [6, 6.07) is 9.87. The number of nitrogens with one attached hydrogen (secondary N) is 2. The second kappa shape index (κ2) is 7.90. The van der Waals surface area contributed by atoms with E-state index in [9.17, 15) is 9.59 Å². The third-order valence-corrected chi connectivity index (χ3v) is 5.70. The zero-order valence-electron chi connectivity index (χ0n) is 15.6. The molecule has 0 saturated carbocycles. The average Bonchev–Trinajstić information content (AvgIpc) is 3.09. The van der Waals surface area contributed by atoms with Crippen molar-refractivity contribution in [3.63, 3.8) is 0 Å². The first-order valence-electron chi connectivity index (χ1n) is 8.79. The first kappa shape index (κ1) is 19.1. The van der Waals surface area contributed by atoms with Crippen molar-refractivity contribution >= 4 is 23.4 Å². The first-order chi connectivity index (χ1) is 13.0. The van der Waals surface area contributed by atoms with Crippen LogP contribution in [0.15, 0.2) is 40.5 Å². The van der Waals surface area contributed by atoms with Gasteiger partial charge in [0, 0.05) is 16.1 Å². The molecule has 0 fully saturated rings. The summed E-state index contributed by atoms with van der Waals surface area (Å²) in [5.41, 5.74) is 11.0. The number of hydrogen-bond acceptors (Lipinski definition) is 4. The van der Waals surface area contributed by atoms with Crippen molar-refractivity contribution in [3.8, 4) is 22.3 Å². The summed E-state index contributed by atoms with van der Waals surface area (Å²) in [6.07, 6.45) is 0.641. The maximum atomic E-state index is 12.9. The van der Waals surface area contributed by atoms with Crippen LogP contribution in [-0.2, 0) is 4.79 Å². The van der Waals surface area contributed by atoms with Gasteiger partial charge in [0.2, 0.25) is 6.41 Å². The monoisotopic (exact) mass is 381 g/mol. The number of benzene rings is 1. The fourth-order valence-corrected chi connectivity index (χ4v) is 3.97. The van der Waals surface area contributed by atoms with Crippen LogP contribution in [0.25, 0.3) is 22.3 Å². The summed E-state index contributed by atoms with van der Waals surface area (Å²) in [7, 11) is 0. The predicted molar refractivity (Wildman–Crippen MR) is 112 cm³/mol. The van der Waals surface area contributed by atoms with E-state index >= 15 is 0 Å². The molecule has 3 rings (SSSR count). The number of pyridine rings is 1. The number of hydrogen-bond donors (Lipinski definition) is 3. The average molecular weight is 382 g/mol. The van der Waals surface area contributed by atoms with Crippen LogP contribution in [0, 0.1) is 13.8 Å². The highest BCUT2D eigenvalue weighted by molar-refractivity contribution is 7.10. The van der Waals surface area contributed by atoms with Crippen LogP contribution in [0.2, 0.25) is 0 Å². The van der Waals surface area contributed by atoms with Crippen LogP contribution in [-0.4, -0.2) is 17.9 Å². The van der Waals surface area contributed by atoms with Crippen molar-refractivity contribution in [2.24, 2.45) is 5.73 Å². The molecule has 0 bridgehead atoms. The number of aryl methyl sites for hydroxylation is 2. The van der Waals surface area contributed by atoms with E-state index in [1.165, 1.54) is 0 Å². The molecule has 0 aliphatic rings. The van der Waals surface area contributed by atoms with Crippen molar-refractivity contribution < 1.29 is 4.79 Å². The number of thiophene rings is 1. The highest BCUT2D eigenvalue weighted by Crippen LogP contribution is 2.40. The lowest BCUT2D eigenvalue weighted by Crippen LogP contribution is -2.16. The number of carbonyl (C=O) groups is 1. The van der Waals surface area contributed by atoms with Gasteiger partial charge in [-0.25, -0.2) is 0 Å². The molecule has 0 spiro atoms. The van der Waals surface area contributed by atoms with Gasteiger partial charge in [-0.3, -0.25) is 9.59 Å². The van der Waals surface area contributed by atoms with E-state index in [1.54, 1.807) is 18.3 Å². The maximum absolute atomic E-state index is 12.9. The van der Waals surface area contributed by atoms with Crippen molar-refractivity contribution in [1.82, 2.24) is 4.98 Å². The third kappa shape index (κ3) is 3.59. The third-order valence-electron chi connectivity index (χ3n) is 4.86. The van der Waals surface area contributed by atoms with Gasteiger partial charge in [-0.15, -0.1) is 11.3 Å². The van der Waals surface area contributed by atoms with Gasteiger partial charge in [0.05, 0.1) is 11.3 Å². The molecule has 6 heteroatoms. The Kier molecular flexibility index (Phi) is 5.58. The topological polar surface area (TPSA) is 88.0 Å². The van der Waals surface area contributed by atoms with Crippen LogP contribution in [0.3, 0.4) is 0 Å². The lowest BCUT2D eigenvalue weighted by atomic mass is 9.92. The quantitative estimate of drug-likeness (QED) is 0.564. The van der Waals surface area contributed by atoms with Gasteiger partial charge in [-0.1, -0.05) is 31.2 Å². The van der Waals surface area contributed by atoms with Crippen LogP contribution >= 0.6 is 11.3 Å². The van der Waals surface area contributed by atoms with E-state index in [4.69, 9.17) is 5.73 Å². The number of rotatable bonds is 6. The predicted octanol–water partition coefficient (Wildman–Crippen LogP) is 4.02. The summed E-state index contributed by atoms with van der Waals surface area (Å²) in [4.78, 5) is 28.1. The smallest absolute Gasteiger partial charge is 0.256 e. The molecular formula is C21H23N3O2S. The van der Waals surface area contributed by atoms with E-state index in [0.717, 1.165) is 27.1 Å². The van der Waals surface area contributed by atoms with Gasteiger partial charge in [0.15, 0.2) is 0 Å². The summed E-state index contributed by atoms with van der Waals surface area (Å²) >= 11 is 1.61. The van der Waals surface area contributed by atoms with Crippen molar-refractivity contribution in [2.45, 2.75) is 26.7 Å². The number of anilines is 1. The van der Waals surface area contributed by atoms with E-state index < -0.39 is 0 Å². The Balaban J connectivity index is 2.29. The number of nitrogens with two attached hydrogens (primary N) is 1. The van der Waals surface area contributed by atoms with Crippen molar-refractivity contribution in [2.75, 3.05) is 11.9 Å². The molecule has 0 saturated heterocycles. The highest BCUT2D eigenvalue weighted by Gasteiger charge is 2.21. The minimum Gasteiger partial charge on any atom is -0.330 e. The van der Waals surface area contributed by atoms with E-state index in [1.807, 2.05) is 42.6 Å². The van der Waals surface area contributed by atoms with E-state index in [0.29, 0.717) is 29.9 Å². The largest absolute Gasteiger partial charge is 0.330 e. The first-order valence-corrected chi connectivity index (χ1v) is 9.67. The summed E-state index contributed by atoms with van der Waals surface area (Å²) < 4.78 is 0. The van der Waals surface area contributed by atoms with E-state index in [-0.39, 0.29) is 11.5 Å². The molecule has 3 aromatic rings. The molecule has 1 aromatic carbocycles. The van der Waals surface area contributed by atoms with Crippen LogP contribution < -0.4 is 16.6 Å². The normalized spacial score (nSPS) is 12.0. The summed E-state index contributed by atoms with van der Waals surface area (Å²) in [5.74, 6) is 0.251. The molecule has 140 valence electrons. The number of aromatic amines is 1. The Hall–Kier alpha value is -2.70. The fraction of sp³-hybridized carbons (Fsp3) is 0.238. The minimum absolute atomic E-state index is 0.177. The molecule has 2 aromatic heterocycles. The van der Waals surface area contributed by atoms with Gasteiger partial charge in [0.25, 0.3) is 5.56 Å². The van der Waals surface area contributed by atoms with Gasteiger partial charge >= 0.3 is 0 Å². The van der Waals surface area contributed by atoms with Gasteiger partial charge in [-0.05, 0) is 54.4 Å². The van der Waals surface area contributed by atoms with Crippen LogP contribution in [0.1, 0.15) is 29.0 Å². The molecule has 1 atom stereocenters. The molecule has 5 nitrogen and oxygen atoms in total. The Labute approximate surface area is 162 Å². The molecule has 0 aliphatic carbocycles. The van der Waals surface area contributed by atoms with Crippen molar-refractivity contribution in [3.05, 3.63) is 62.2 Å². The van der Waals surface area contributed by atoms with Crippen molar-refractivity contribution in [1.29, 1.82) is 0 Å². The molecular weight excluding hydrogens is 358 g/mol. The van der Waals surface area contributed by atoms with Gasteiger partial charge < -0.3 is 16.0 Å². The van der Waals surface area contributed by atoms with Crippen LogP contribution in [0.5, 0.6) is 0 Å². The Morgan fingerprint density at radius 3 is 2.44 bits per heavy atom. The molecule has 2 heterocycles. The van der Waals surface area contributed by atoms with E-state index in [2.05, 4.69) is 17.2 Å². The Bertz CT molecular complexity index is 1020. The molecule has 0 radical (unpaired) electrons. The number of aromatic nitrogens is 1. The lowest BCUT2D eigenvalue weighted by Gasteiger charge is -2.17. The maximum Gasteiger partial charge on any atom is 0.256 e. The molecule has 1 amide bonds. The fourth-order valence-electron chi connectivity index (χ4n) is 3.26. The SMILES string of the molecule is Cc1[nH]c(=O)c(-c2ccc(C(C)CN)cc2)c(-c2ccsc2C)c1NC=O. The number of H-pyrrole nitrogens is 1. The second-order valence-corrected chi connectivity index (χ2v) is 7.74. The highest BCUT2D eigenvalue weighted by atomic mass is 32.1. The summed E-state index contributed by atoms with van der Waals surface area (Å²) in [5, 5.41) is 4.76. The minimum atomic E-state index is -0.177. The number of carbonyl (C=O) groups excluding carboxylic acids is 1. The summed E-state index contributed by atoms with van der Waals surface area (Å²) in [6.45, 7) is 6.43. The molecule has 27 heavy (non-hydrogen) atoms. The molecule has 1 unspecified atom stereocenters. The second-order valence-electron chi connectivity index (χ2n) is 6.62. The zero-order chi connectivity index (χ0) is 19.6. The van der Waals surface area contributed by atoms with Gasteiger partial charge in [-0.2, -0.15) is 0 Å². The van der Waals surface area contributed by atoms with Crippen LogP contribution in [0.4, 0.5) is 5.69 Å².